The first-order valence-electron chi connectivity index (χ1n) is 7.36. The van der Waals surface area contributed by atoms with Gasteiger partial charge in [-0.25, -0.2) is 13.1 Å². The van der Waals surface area contributed by atoms with E-state index in [1.165, 1.54) is 12.1 Å². The molecule has 0 aliphatic rings. The number of benzene rings is 2. The second-order valence-electron chi connectivity index (χ2n) is 5.11. The zero-order valence-electron chi connectivity index (χ0n) is 13.2. The van der Waals surface area contributed by atoms with E-state index in [0.29, 0.717) is 6.54 Å². The van der Waals surface area contributed by atoms with E-state index in [0.717, 1.165) is 11.3 Å². The molecule has 0 heterocycles. The summed E-state index contributed by atoms with van der Waals surface area (Å²) >= 11 is 0. The summed E-state index contributed by atoms with van der Waals surface area (Å²) in [5, 5.41) is 0. The predicted octanol–water partition coefficient (Wildman–Crippen LogP) is 2.33. The molecule has 0 spiro atoms. The van der Waals surface area contributed by atoms with Crippen LogP contribution in [0.5, 0.6) is 0 Å². The van der Waals surface area contributed by atoms with Gasteiger partial charge in [-0.2, -0.15) is 0 Å². The fraction of sp³-hybridized carbons (Fsp3) is 0.235. The van der Waals surface area contributed by atoms with Crippen molar-refractivity contribution < 1.29 is 13.2 Å². The van der Waals surface area contributed by atoms with E-state index >= 15 is 0 Å². The van der Waals surface area contributed by atoms with Crippen LogP contribution in [0.4, 0.5) is 5.69 Å². The van der Waals surface area contributed by atoms with Gasteiger partial charge >= 0.3 is 0 Å². The van der Waals surface area contributed by atoms with Crippen LogP contribution >= 0.6 is 0 Å². The first-order chi connectivity index (χ1) is 10.9. The largest absolute Gasteiger partial charge is 0.312 e. The Kier molecular flexibility index (Phi) is 5.52. The van der Waals surface area contributed by atoms with Gasteiger partial charge in [0.15, 0.2) is 0 Å². The summed E-state index contributed by atoms with van der Waals surface area (Å²) in [4.78, 5) is 14.1. The van der Waals surface area contributed by atoms with E-state index in [2.05, 4.69) is 4.72 Å². The molecule has 2 aromatic rings. The van der Waals surface area contributed by atoms with Gasteiger partial charge in [-0.3, -0.25) is 4.79 Å². The Morgan fingerprint density at radius 1 is 1.09 bits per heavy atom. The molecule has 2 rings (SSSR count). The minimum atomic E-state index is -3.68. The first-order valence-corrected chi connectivity index (χ1v) is 8.84. The summed E-state index contributed by atoms with van der Waals surface area (Å²) in [5.41, 5.74) is 1.80. The Morgan fingerprint density at radius 3 is 2.39 bits per heavy atom. The second kappa shape index (κ2) is 7.39. The van der Waals surface area contributed by atoms with Crippen molar-refractivity contribution >= 4 is 21.6 Å². The summed E-state index contributed by atoms with van der Waals surface area (Å²) in [6.07, 6.45) is 0. The lowest BCUT2D eigenvalue weighted by Gasteiger charge is -2.21. The van der Waals surface area contributed by atoms with Gasteiger partial charge in [-0.15, -0.1) is 0 Å². The number of sulfonamides is 1. The van der Waals surface area contributed by atoms with Gasteiger partial charge in [-0.1, -0.05) is 30.3 Å². The number of carbonyl (C=O) groups is 1. The number of nitrogens with one attached hydrogen (secondary N) is 1. The van der Waals surface area contributed by atoms with E-state index in [4.69, 9.17) is 0 Å². The molecule has 0 radical (unpaired) electrons. The van der Waals surface area contributed by atoms with Gasteiger partial charge in [0.05, 0.1) is 11.4 Å². The highest BCUT2D eigenvalue weighted by Crippen LogP contribution is 2.16. The molecule has 0 saturated carbocycles. The quantitative estimate of drug-likeness (QED) is 0.883. The monoisotopic (exact) mass is 332 g/mol. The predicted molar refractivity (Wildman–Crippen MR) is 90.8 cm³/mol. The maximum absolute atomic E-state index is 12.4. The Labute approximate surface area is 137 Å². The maximum atomic E-state index is 12.4. The van der Waals surface area contributed by atoms with Crippen LogP contribution in [0.3, 0.4) is 0 Å². The van der Waals surface area contributed by atoms with Crippen LogP contribution in [0.25, 0.3) is 0 Å². The molecule has 1 amide bonds. The Balaban J connectivity index is 2.09. The molecule has 122 valence electrons. The molecule has 0 aliphatic carbocycles. The average Bonchev–Trinajstić information content (AvgIpc) is 2.55. The molecule has 0 atom stereocenters. The fourth-order valence-corrected chi connectivity index (χ4v) is 3.23. The summed E-state index contributed by atoms with van der Waals surface area (Å²) in [6.45, 7) is 3.99. The van der Waals surface area contributed by atoms with Crippen LogP contribution in [-0.4, -0.2) is 27.4 Å². The molecule has 0 bridgehead atoms. The third-order valence-electron chi connectivity index (χ3n) is 3.40. The van der Waals surface area contributed by atoms with Crippen molar-refractivity contribution in [1.29, 1.82) is 0 Å². The molecular weight excluding hydrogens is 312 g/mol. The molecule has 6 heteroatoms. The van der Waals surface area contributed by atoms with Crippen molar-refractivity contribution in [1.82, 2.24) is 4.72 Å². The van der Waals surface area contributed by atoms with Gasteiger partial charge in [-0.05, 0) is 43.7 Å². The van der Waals surface area contributed by atoms with Gasteiger partial charge in [0.25, 0.3) is 0 Å². The Hall–Kier alpha value is -2.18. The number of carbonyl (C=O) groups excluding carboxylic acids is 1. The Morgan fingerprint density at radius 2 is 1.78 bits per heavy atom. The van der Waals surface area contributed by atoms with Crippen LogP contribution < -0.4 is 9.62 Å². The van der Waals surface area contributed by atoms with Crippen LogP contribution in [0.15, 0.2) is 59.5 Å². The number of likely N-dealkylation sites (N-methyl/N-ethyl adjacent to an activating group) is 1. The SMILES string of the molecule is CCN(C(=O)CNS(=O)(=O)c1ccccc1)c1cccc(C)c1. The summed E-state index contributed by atoms with van der Waals surface area (Å²) in [7, 11) is -3.68. The van der Waals surface area contributed by atoms with Crippen LogP contribution in [0.1, 0.15) is 12.5 Å². The number of aryl methyl sites for hydroxylation is 1. The lowest BCUT2D eigenvalue weighted by molar-refractivity contribution is -0.117. The van der Waals surface area contributed by atoms with Crippen molar-refractivity contribution in [3.63, 3.8) is 0 Å². The first kappa shape index (κ1) is 17.2. The lowest BCUT2D eigenvalue weighted by atomic mass is 10.2. The van der Waals surface area contributed by atoms with E-state index < -0.39 is 10.0 Å². The van der Waals surface area contributed by atoms with Crippen molar-refractivity contribution in [2.75, 3.05) is 18.0 Å². The van der Waals surface area contributed by atoms with Crippen LogP contribution in [0.2, 0.25) is 0 Å². The van der Waals surface area contributed by atoms with Crippen LogP contribution in [0, 0.1) is 6.92 Å². The molecule has 1 N–H and O–H groups in total. The third kappa shape index (κ3) is 4.40. The van der Waals surface area contributed by atoms with Crippen molar-refractivity contribution in [2.45, 2.75) is 18.7 Å². The standard InChI is InChI=1S/C17H20N2O3S/c1-3-19(15-9-7-8-14(2)12-15)17(20)13-18-23(21,22)16-10-5-4-6-11-16/h4-12,18H,3,13H2,1-2H3. The smallest absolute Gasteiger partial charge is 0.242 e. The van der Waals surface area contributed by atoms with Gasteiger partial charge in [0, 0.05) is 12.2 Å². The number of amides is 1. The highest BCUT2D eigenvalue weighted by atomic mass is 32.2. The van der Waals surface area contributed by atoms with E-state index in [-0.39, 0.29) is 17.3 Å². The number of nitrogens with zero attached hydrogens (tertiary/aromatic N) is 1. The minimum absolute atomic E-state index is 0.145. The fourth-order valence-electron chi connectivity index (χ4n) is 2.23. The van der Waals surface area contributed by atoms with Crippen molar-refractivity contribution in [2.24, 2.45) is 0 Å². The van der Waals surface area contributed by atoms with Crippen molar-refractivity contribution in [3.8, 4) is 0 Å². The number of hydrogen-bond acceptors (Lipinski definition) is 3. The topological polar surface area (TPSA) is 66.5 Å². The summed E-state index contributed by atoms with van der Waals surface area (Å²) in [5.74, 6) is -0.294. The normalized spacial score (nSPS) is 11.2. The molecule has 0 saturated heterocycles. The average molecular weight is 332 g/mol. The Bertz CT molecular complexity index is 773. The number of anilines is 1. The number of hydrogen-bond donors (Lipinski definition) is 1. The van der Waals surface area contributed by atoms with E-state index in [1.807, 2.05) is 38.1 Å². The molecule has 0 aliphatic heterocycles. The van der Waals surface area contributed by atoms with Gasteiger partial charge in [0.2, 0.25) is 15.9 Å². The minimum Gasteiger partial charge on any atom is -0.312 e. The lowest BCUT2D eigenvalue weighted by Crippen LogP contribution is -2.40. The zero-order valence-corrected chi connectivity index (χ0v) is 14.0. The van der Waals surface area contributed by atoms with E-state index in [1.54, 1.807) is 23.1 Å². The molecule has 0 aromatic heterocycles. The van der Waals surface area contributed by atoms with E-state index in [9.17, 15) is 13.2 Å². The molecule has 2 aromatic carbocycles. The van der Waals surface area contributed by atoms with Crippen LogP contribution in [-0.2, 0) is 14.8 Å². The van der Waals surface area contributed by atoms with Gasteiger partial charge < -0.3 is 4.90 Å². The van der Waals surface area contributed by atoms with Crippen molar-refractivity contribution in [3.05, 3.63) is 60.2 Å². The highest BCUT2D eigenvalue weighted by Gasteiger charge is 2.19. The third-order valence-corrected chi connectivity index (χ3v) is 4.81. The summed E-state index contributed by atoms with van der Waals surface area (Å²) in [6, 6.07) is 15.5. The highest BCUT2D eigenvalue weighted by molar-refractivity contribution is 7.89. The molecule has 5 nitrogen and oxygen atoms in total. The number of rotatable bonds is 6. The molecule has 0 fully saturated rings. The maximum Gasteiger partial charge on any atom is 0.242 e. The molecule has 23 heavy (non-hydrogen) atoms. The second-order valence-corrected chi connectivity index (χ2v) is 6.88. The zero-order chi connectivity index (χ0) is 16.9. The summed E-state index contributed by atoms with van der Waals surface area (Å²) < 4.78 is 26.7. The van der Waals surface area contributed by atoms with Gasteiger partial charge in [0.1, 0.15) is 0 Å². The molecular formula is C17H20N2O3S. The molecule has 0 unspecified atom stereocenters.